The van der Waals surface area contributed by atoms with E-state index in [1.807, 2.05) is 18.3 Å². The Morgan fingerprint density at radius 3 is 2.81 bits per heavy atom. The number of benzene rings is 1. The van der Waals surface area contributed by atoms with Crippen LogP contribution in [-0.4, -0.2) is 17.3 Å². The van der Waals surface area contributed by atoms with Gasteiger partial charge in [-0.3, -0.25) is 5.10 Å². The number of nitrogens with one attached hydrogen (secondary N) is 2. The molecule has 0 amide bonds. The highest BCUT2D eigenvalue weighted by Crippen LogP contribution is 2.12. The molecule has 2 aromatic rings. The number of anilines is 1. The predicted octanol–water partition coefficient (Wildman–Crippen LogP) is 2.17. The van der Waals surface area contributed by atoms with Crippen molar-refractivity contribution >= 4 is 5.69 Å². The average Bonchev–Trinajstić information content (AvgIpc) is 2.81. The van der Waals surface area contributed by atoms with Gasteiger partial charge in [0.2, 0.25) is 0 Å². The summed E-state index contributed by atoms with van der Waals surface area (Å²) in [5.74, 6) is 0. The molecule has 4 heteroatoms. The van der Waals surface area contributed by atoms with E-state index in [0.29, 0.717) is 6.61 Å². The van der Waals surface area contributed by atoms with Crippen molar-refractivity contribution in [3.63, 3.8) is 0 Å². The first-order chi connectivity index (χ1) is 7.90. The highest BCUT2D eigenvalue weighted by Gasteiger charge is 2.01. The molecule has 2 N–H and O–H groups in total. The van der Waals surface area contributed by atoms with Crippen molar-refractivity contribution in [2.24, 2.45) is 0 Å². The molecule has 1 aromatic carbocycles. The van der Waals surface area contributed by atoms with E-state index in [0.717, 1.165) is 12.2 Å². The standard InChI is InChI=1S/C12H15N3O/c1-16-9-11-5-3-2-4-10(11)6-13-12-7-14-15-8-12/h2-5,7-8,13H,6,9H2,1H3,(H,14,15). The van der Waals surface area contributed by atoms with Gasteiger partial charge in [0.15, 0.2) is 0 Å². The molecule has 0 saturated carbocycles. The van der Waals surface area contributed by atoms with Gasteiger partial charge in [-0.15, -0.1) is 0 Å². The number of aromatic amines is 1. The number of hydrogen-bond acceptors (Lipinski definition) is 3. The summed E-state index contributed by atoms with van der Waals surface area (Å²) >= 11 is 0. The summed E-state index contributed by atoms with van der Waals surface area (Å²) < 4.78 is 5.16. The normalized spacial score (nSPS) is 10.3. The summed E-state index contributed by atoms with van der Waals surface area (Å²) in [4.78, 5) is 0. The van der Waals surface area contributed by atoms with E-state index in [1.54, 1.807) is 13.3 Å². The highest BCUT2D eigenvalue weighted by molar-refractivity contribution is 5.39. The largest absolute Gasteiger partial charge is 0.380 e. The van der Waals surface area contributed by atoms with Crippen LogP contribution in [0.15, 0.2) is 36.7 Å². The van der Waals surface area contributed by atoms with Crippen LogP contribution in [0, 0.1) is 0 Å². The summed E-state index contributed by atoms with van der Waals surface area (Å²) in [7, 11) is 1.71. The van der Waals surface area contributed by atoms with Crippen LogP contribution in [0.5, 0.6) is 0 Å². The Hall–Kier alpha value is -1.81. The highest BCUT2D eigenvalue weighted by atomic mass is 16.5. The van der Waals surface area contributed by atoms with Crippen LogP contribution in [0.4, 0.5) is 5.69 Å². The van der Waals surface area contributed by atoms with Gasteiger partial charge in [0.05, 0.1) is 18.5 Å². The van der Waals surface area contributed by atoms with E-state index in [9.17, 15) is 0 Å². The summed E-state index contributed by atoms with van der Waals surface area (Å²) in [6, 6.07) is 8.23. The van der Waals surface area contributed by atoms with Crippen LogP contribution in [-0.2, 0) is 17.9 Å². The van der Waals surface area contributed by atoms with Gasteiger partial charge in [-0.1, -0.05) is 24.3 Å². The third-order valence-corrected chi connectivity index (χ3v) is 2.40. The molecule has 16 heavy (non-hydrogen) atoms. The van der Waals surface area contributed by atoms with Gasteiger partial charge in [0.1, 0.15) is 0 Å². The second kappa shape index (κ2) is 5.32. The summed E-state index contributed by atoms with van der Waals surface area (Å²) in [6.45, 7) is 1.42. The summed E-state index contributed by atoms with van der Waals surface area (Å²) in [6.07, 6.45) is 3.60. The molecule has 0 aliphatic carbocycles. The SMILES string of the molecule is COCc1ccccc1CNc1cn[nH]c1. The molecular weight excluding hydrogens is 202 g/mol. The molecular formula is C12H15N3O. The fourth-order valence-electron chi connectivity index (χ4n) is 1.57. The number of aromatic nitrogens is 2. The van der Waals surface area contributed by atoms with E-state index in [1.165, 1.54) is 11.1 Å². The Labute approximate surface area is 94.6 Å². The van der Waals surface area contributed by atoms with Crippen LogP contribution in [0.1, 0.15) is 11.1 Å². The zero-order valence-electron chi connectivity index (χ0n) is 9.23. The molecule has 0 radical (unpaired) electrons. The maximum atomic E-state index is 5.16. The number of methoxy groups -OCH3 is 1. The fraction of sp³-hybridized carbons (Fsp3) is 0.250. The zero-order chi connectivity index (χ0) is 11.2. The molecule has 1 heterocycles. The lowest BCUT2D eigenvalue weighted by atomic mass is 10.1. The number of nitrogens with zero attached hydrogens (tertiary/aromatic N) is 1. The quantitative estimate of drug-likeness (QED) is 0.807. The second-order valence-electron chi connectivity index (χ2n) is 3.54. The van der Waals surface area contributed by atoms with Crippen LogP contribution in [0.25, 0.3) is 0 Å². The molecule has 1 aromatic heterocycles. The minimum atomic E-state index is 0.642. The molecule has 0 atom stereocenters. The van der Waals surface area contributed by atoms with E-state index in [-0.39, 0.29) is 0 Å². The van der Waals surface area contributed by atoms with Gasteiger partial charge >= 0.3 is 0 Å². The van der Waals surface area contributed by atoms with Crippen LogP contribution >= 0.6 is 0 Å². The Bertz CT molecular complexity index is 426. The van der Waals surface area contributed by atoms with Gasteiger partial charge in [-0.2, -0.15) is 5.10 Å². The monoisotopic (exact) mass is 217 g/mol. The molecule has 0 fully saturated rings. The van der Waals surface area contributed by atoms with E-state index in [4.69, 9.17) is 4.74 Å². The molecule has 0 unspecified atom stereocenters. The Balaban J connectivity index is 2.03. The fourth-order valence-corrected chi connectivity index (χ4v) is 1.57. The summed E-state index contributed by atoms with van der Waals surface area (Å²) in [5.41, 5.74) is 3.44. The zero-order valence-corrected chi connectivity index (χ0v) is 9.23. The first-order valence-corrected chi connectivity index (χ1v) is 5.18. The van der Waals surface area contributed by atoms with Gasteiger partial charge in [-0.05, 0) is 11.1 Å². The van der Waals surface area contributed by atoms with Gasteiger partial charge in [-0.25, -0.2) is 0 Å². The topological polar surface area (TPSA) is 49.9 Å². The summed E-state index contributed by atoms with van der Waals surface area (Å²) in [5, 5.41) is 9.94. The average molecular weight is 217 g/mol. The van der Waals surface area contributed by atoms with Crippen molar-refractivity contribution < 1.29 is 4.74 Å². The number of rotatable bonds is 5. The smallest absolute Gasteiger partial charge is 0.0726 e. The predicted molar refractivity (Wildman–Crippen MR) is 63.1 cm³/mol. The van der Waals surface area contributed by atoms with Crippen molar-refractivity contribution in [2.45, 2.75) is 13.2 Å². The lowest BCUT2D eigenvalue weighted by molar-refractivity contribution is 0.184. The maximum Gasteiger partial charge on any atom is 0.0726 e. The first-order valence-electron chi connectivity index (χ1n) is 5.18. The Morgan fingerprint density at radius 1 is 1.31 bits per heavy atom. The Kier molecular flexibility index (Phi) is 3.56. The van der Waals surface area contributed by atoms with Crippen LogP contribution in [0.2, 0.25) is 0 Å². The number of hydrogen-bond donors (Lipinski definition) is 2. The van der Waals surface area contributed by atoms with Crippen molar-refractivity contribution in [1.29, 1.82) is 0 Å². The molecule has 0 saturated heterocycles. The Morgan fingerprint density at radius 2 is 2.12 bits per heavy atom. The minimum Gasteiger partial charge on any atom is -0.380 e. The van der Waals surface area contributed by atoms with Gasteiger partial charge < -0.3 is 10.1 Å². The third kappa shape index (κ3) is 2.61. The molecule has 0 aliphatic heterocycles. The molecule has 0 bridgehead atoms. The first kappa shape index (κ1) is 10.7. The minimum absolute atomic E-state index is 0.642. The van der Waals surface area contributed by atoms with Crippen molar-refractivity contribution in [3.05, 3.63) is 47.8 Å². The van der Waals surface area contributed by atoms with Gasteiger partial charge in [0.25, 0.3) is 0 Å². The number of ether oxygens (including phenoxy) is 1. The van der Waals surface area contributed by atoms with Crippen LogP contribution in [0.3, 0.4) is 0 Å². The van der Waals surface area contributed by atoms with E-state index >= 15 is 0 Å². The van der Waals surface area contributed by atoms with Crippen molar-refractivity contribution in [2.75, 3.05) is 12.4 Å². The molecule has 2 rings (SSSR count). The lowest BCUT2D eigenvalue weighted by Gasteiger charge is -2.09. The maximum absolute atomic E-state index is 5.16. The van der Waals surface area contributed by atoms with Crippen LogP contribution < -0.4 is 5.32 Å². The molecule has 4 nitrogen and oxygen atoms in total. The molecule has 0 spiro atoms. The second-order valence-corrected chi connectivity index (χ2v) is 3.54. The third-order valence-electron chi connectivity index (χ3n) is 2.40. The molecule has 84 valence electrons. The number of H-pyrrole nitrogens is 1. The van der Waals surface area contributed by atoms with E-state index in [2.05, 4.69) is 27.6 Å². The van der Waals surface area contributed by atoms with Crippen molar-refractivity contribution in [3.8, 4) is 0 Å². The molecule has 0 aliphatic rings. The lowest BCUT2D eigenvalue weighted by Crippen LogP contribution is -2.02. The van der Waals surface area contributed by atoms with E-state index < -0.39 is 0 Å². The van der Waals surface area contributed by atoms with Gasteiger partial charge in [0, 0.05) is 19.9 Å². The van der Waals surface area contributed by atoms with Crippen molar-refractivity contribution in [1.82, 2.24) is 10.2 Å².